The Morgan fingerprint density at radius 2 is 2.12 bits per heavy atom. The van der Waals surface area contributed by atoms with Crippen LogP contribution in [0.25, 0.3) is 0 Å². The average molecular weight is 262 g/mol. The number of benzene rings is 1. The lowest BCUT2D eigenvalue weighted by Crippen LogP contribution is -2.43. The molecule has 0 bridgehead atoms. The maximum absolute atomic E-state index is 13.3. The van der Waals surface area contributed by atoms with E-state index in [1.165, 1.54) is 25.3 Å². The van der Waals surface area contributed by atoms with Crippen molar-refractivity contribution in [3.05, 3.63) is 30.1 Å². The van der Waals surface area contributed by atoms with Gasteiger partial charge in [0, 0.05) is 13.7 Å². The van der Waals surface area contributed by atoms with Gasteiger partial charge in [0.25, 0.3) is 0 Å². The third-order valence-electron chi connectivity index (χ3n) is 2.10. The van der Waals surface area contributed by atoms with E-state index in [0.717, 1.165) is 6.07 Å². The van der Waals surface area contributed by atoms with Gasteiger partial charge in [0.1, 0.15) is 10.7 Å². The Balaban J connectivity index is 2.92. The molecule has 17 heavy (non-hydrogen) atoms. The van der Waals surface area contributed by atoms with Crippen LogP contribution in [0.4, 0.5) is 4.39 Å². The number of nitrogens with two attached hydrogens (primary N) is 1. The molecule has 7 heteroatoms. The highest BCUT2D eigenvalue weighted by atomic mass is 32.2. The molecule has 1 aromatic rings. The molecule has 1 aromatic carbocycles. The first-order chi connectivity index (χ1) is 8.01. The predicted molar refractivity (Wildman–Crippen MR) is 61.4 cm³/mol. The number of hydrogen-bond acceptors (Lipinski definition) is 4. The molecule has 0 aliphatic carbocycles. The van der Waals surface area contributed by atoms with E-state index < -0.39 is 26.8 Å². The topological polar surface area (TPSA) is 81.4 Å². The molecule has 3 N–H and O–H groups in total. The second-order valence-corrected chi connectivity index (χ2v) is 5.12. The minimum Gasteiger partial charge on any atom is -0.383 e. The van der Waals surface area contributed by atoms with Gasteiger partial charge in [-0.15, -0.1) is 0 Å². The van der Waals surface area contributed by atoms with Gasteiger partial charge in [-0.3, -0.25) is 0 Å². The Bertz CT molecular complexity index is 464. The number of ether oxygens (including phenoxy) is 1. The van der Waals surface area contributed by atoms with Crippen LogP contribution in [0.1, 0.15) is 0 Å². The van der Waals surface area contributed by atoms with Crippen molar-refractivity contribution in [2.75, 3.05) is 20.3 Å². The van der Waals surface area contributed by atoms with Crippen molar-refractivity contribution < 1.29 is 17.5 Å². The van der Waals surface area contributed by atoms with Crippen molar-refractivity contribution in [3.8, 4) is 0 Å². The summed E-state index contributed by atoms with van der Waals surface area (Å²) >= 11 is 0. The summed E-state index contributed by atoms with van der Waals surface area (Å²) in [6.07, 6.45) is 0. The van der Waals surface area contributed by atoms with E-state index in [1.54, 1.807) is 0 Å². The highest BCUT2D eigenvalue weighted by Gasteiger charge is 2.22. The maximum atomic E-state index is 13.3. The van der Waals surface area contributed by atoms with Crippen LogP contribution in [-0.4, -0.2) is 34.7 Å². The molecule has 0 aliphatic rings. The van der Waals surface area contributed by atoms with Gasteiger partial charge >= 0.3 is 0 Å². The molecule has 1 atom stereocenters. The normalized spacial score (nSPS) is 13.6. The Labute approximate surface area is 99.8 Å². The zero-order chi connectivity index (χ0) is 12.9. The molecule has 0 radical (unpaired) electrons. The fraction of sp³-hybridized carbons (Fsp3) is 0.400. The second-order valence-electron chi connectivity index (χ2n) is 3.44. The molecule has 0 saturated heterocycles. The van der Waals surface area contributed by atoms with Gasteiger partial charge in [-0.2, -0.15) is 0 Å². The third-order valence-corrected chi connectivity index (χ3v) is 3.65. The molecule has 0 saturated carbocycles. The van der Waals surface area contributed by atoms with E-state index >= 15 is 0 Å². The summed E-state index contributed by atoms with van der Waals surface area (Å²) in [5.41, 5.74) is 5.38. The summed E-state index contributed by atoms with van der Waals surface area (Å²) in [7, 11) is -2.48. The van der Waals surface area contributed by atoms with Gasteiger partial charge < -0.3 is 10.5 Å². The first-order valence-electron chi connectivity index (χ1n) is 4.97. The van der Waals surface area contributed by atoms with Crippen molar-refractivity contribution in [2.45, 2.75) is 10.9 Å². The molecule has 5 nitrogen and oxygen atoms in total. The molecule has 0 aliphatic heterocycles. The van der Waals surface area contributed by atoms with Crippen LogP contribution in [0.2, 0.25) is 0 Å². The first-order valence-corrected chi connectivity index (χ1v) is 6.45. The van der Waals surface area contributed by atoms with E-state index in [1.807, 2.05) is 0 Å². The van der Waals surface area contributed by atoms with Gasteiger partial charge in [0.15, 0.2) is 0 Å². The standard InChI is InChI=1S/C10H15FN2O3S/c1-16-7-8(6-12)13-17(14,15)10-5-3-2-4-9(10)11/h2-5,8,13H,6-7,12H2,1H3. The Kier molecular flexibility index (Phi) is 5.01. The lowest BCUT2D eigenvalue weighted by atomic mass is 10.3. The summed E-state index contributed by atoms with van der Waals surface area (Å²) in [4.78, 5) is -0.394. The molecule has 96 valence electrons. The summed E-state index contributed by atoms with van der Waals surface area (Å²) in [6, 6.07) is 4.57. The maximum Gasteiger partial charge on any atom is 0.243 e. The Morgan fingerprint density at radius 1 is 1.47 bits per heavy atom. The third kappa shape index (κ3) is 3.74. The lowest BCUT2D eigenvalue weighted by molar-refractivity contribution is 0.177. The van der Waals surface area contributed by atoms with Crippen LogP contribution in [0, 0.1) is 5.82 Å². The van der Waals surface area contributed by atoms with Gasteiger partial charge in [-0.05, 0) is 12.1 Å². The van der Waals surface area contributed by atoms with E-state index in [4.69, 9.17) is 10.5 Å². The van der Waals surface area contributed by atoms with Crippen LogP contribution in [0.15, 0.2) is 29.2 Å². The van der Waals surface area contributed by atoms with Crippen LogP contribution in [0.3, 0.4) is 0 Å². The van der Waals surface area contributed by atoms with Crippen LogP contribution >= 0.6 is 0 Å². The summed E-state index contributed by atoms with van der Waals surface area (Å²) in [6.45, 7) is 0.200. The van der Waals surface area contributed by atoms with Crippen molar-refractivity contribution in [1.29, 1.82) is 0 Å². The predicted octanol–water partition coefficient (Wildman–Crippen LogP) is 0.0777. The van der Waals surface area contributed by atoms with Crippen LogP contribution in [0.5, 0.6) is 0 Å². The fourth-order valence-corrected chi connectivity index (χ4v) is 2.61. The van der Waals surface area contributed by atoms with E-state index in [9.17, 15) is 12.8 Å². The van der Waals surface area contributed by atoms with Crippen molar-refractivity contribution >= 4 is 10.0 Å². The quantitative estimate of drug-likeness (QED) is 0.760. The molecule has 0 spiro atoms. The number of sulfonamides is 1. The molecule has 0 amide bonds. The zero-order valence-electron chi connectivity index (χ0n) is 9.39. The molecule has 0 aromatic heterocycles. The lowest BCUT2D eigenvalue weighted by Gasteiger charge is -2.16. The molecule has 0 fully saturated rings. The number of methoxy groups -OCH3 is 1. The fourth-order valence-electron chi connectivity index (χ4n) is 1.30. The number of rotatable bonds is 6. The minimum atomic E-state index is -3.91. The van der Waals surface area contributed by atoms with Crippen LogP contribution in [-0.2, 0) is 14.8 Å². The summed E-state index contributed by atoms with van der Waals surface area (Å²) < 4.78 is 44.1. The molecule has 1 rings (SSSR count). The number of halogens is 1. The summed E-state index contributed by atoms with van der Waals surface area (Å²) in [5.74, 6) is -0.798. The van der Waals surface area contributed by atoms with Crippen molar-refractivity contribution in [1.82, 2.24) is 4.72 Å². The van der Waals surface area contributed by atoms with E-state index in [2.05, 4.69) is 4.72 Å². The Morgan fingerprint density at radius 3 is 2.65 bits per heavy atom. The molecular weight excluding hydrogens is 247 g/mol. The molecule has 0 heterocycles. The van der Waals surface area contributed by atoms with E-state index in [0.29, 0.717) is 0 Å². The average Bonchev–Trinajstić information content (AvgIpc) is 2.28. The van der Waals surface area contributed by atoms with Gasteiger partial charge in [-0.25, -0.2) is 17.5 Å². The van der Waals surface area contributed by atoms with Gasteiger partial charge in [-0.1, -0.05) is 12.1 Å². The second kappa shape index (κ2) is 6.06. The van der Waals surface area contributed by atoms with Crippen LogP contribution < -0.4 is 10.5 Å². The van der Waals surface area contributed by atoms with E-state index in [-0.39, 0.29) is 13.2 Å². The van der Waals surface area contributed by atoms with Crippen molar-refractivity contribution in [3.63, 3.8) is 0 Å². The summed E-state index contributed by atoms with van der Waals surface area (Å²) in [5, 5.41) is 0. The van der Waals surface area contributed by atoms with Gasteiger partial charge in [0.2, 0.25) is 10.0 Å². The highest BCUT2D eigenvalue weighted by molar-refractivity contribution is 7.89. The highest BCUT2D eigenvalue weighted by Crippen LogP contribution is 2.13. The zero-order valence-corrected chi connectivity index (χ0v) is 10.2. The smallest absolute Gasteiger partial charge is 0.243 e. The first kappa shape index (κ1) is 14.0. The monoisotopic (exact) mass is 262 g/mol. The number of nitrogens with one attached hydrogen (secondary N) is 1. The molecule has 1 unspecified atom stereocenters. The SMILES string of the molecule is COCC(CN)NS(=O)(=O)c1ccccc1F. The van der Waals surface area contributed by atoms with Crippen molar-refractivity contribution in [2.24, 2.45) is 5.73 Å². The largest absolute Gasteiger partial charge is 0.383 e. The Hall–Kier alpha value is -1.02. The number of hydrogen-bond donors (Lipinski definition) is 2. The molecular formula is C10H15FN2O3S. The minimum absolute atomic E-state index is 0.0710. The van der Waals surface area contributed by atoms with Gasteiger partial charge in [0.05, 0.1) is 12.6 Å².